The molecule has 1 aliphatic carbocycles. The van der Waals surface area contributed by atoms with Gasteiger partial charge >= 0.3 is 0 Å². The molecule has 0 amide bonds. The van der Waals surface area contributed by atoms with Crippen molar-refractivity contribution >= 4 is 0 Å². The summed E-state index contributed by atoms with van der Waals surface area (Å²) in [6.07, 6.45) is 4.08. The third-order valence-electron chi connectivity index (χ3n) is 3.95. The van der Waals surface area contributed by atoms with Gasteiger partial charge in [-0.25, -0.2) is 0 Å². The van der Waals surface area contributed by atoms with E-state index in [-0.39, 0.29) is 0 Å². The van der Waals surface area contributed by atoms with Crippen LogP contribution in [0.3, 0.4) is 0 Å². The van der Waals surface area contributed by atoms with E-state index in [0.29, 0.717) is 6.04 Å². The number of aryl methyl sites for hydroxylation is 2. The van der Waals surface area contributed by atoms with Gasteiger partial charge < -0.3 is 5.32 Å². The molecule has 1 nitrogen and oxygen atoms in total. The first-order valence-corrected chi connectivity index (χ1v) is 6.95. The van der Waals surface area contributed by atoms with E-state index in [9.17, 15) is 0 Å². The largest absolute Gasteiger partial charge is 0.307 e. The zero-order valence-electron chi connectivity index (χ0n) is 11.6. The van der Waals surface area contributed by atoms with Crippen LogP contribution in [0.4, 0.5) is 0 Å². The van der Waals surface area contributed by atoms with Crippen LogP contribution in [-0.4, -0.2) is 6.04 Å². The van der Waals surface area contributed by atoms with Crippen LogP contribution in [0.5, 0.6) is 0 Å². The Kier molecular flexibility index (Phi) is 3.88. The molecule has 1 N–H and O–H groups in total. The second-order valence-electron chi connectivity index (χ2n) is 5.64. The second kappa shape index (κ2) is 5.22. The summed E-state index contributed by atoms with van der Waals surface area (Å²) in [6.45, 7) is 8.96. The monoisotopic (exact) mass is 231 g/mol. The Morgan fingerprint density at radius 1 is 1.35 bits per heavy atom. The van der Waals surface area contributed by atoms with Gasteiger partial charge in [0.05, 0.1) is 0 Å². The first-order valence-electron chi connectivity index (χ1n) is 6.95. The zero-order chi connectivity index (χ0) is 12.4. The molecule has 1 aromatic carbocycles. The number of nitrogens with one attached hydrogen (secondary N) is 1. The average molecular weight is 231 g/mol. The topological polar surface area (TPSA) is 12.0 Å². The lowest BCUT2D eigenvalue weighted by Gasteiger charge is -2.17. The molecule has 0 bridgehead atoms. The summed E-state index contributed by atoms with van der Waals surface area (Å²) < 4.78 is 0. The SMILES string of the molecule is CCCC1CC1NC(C)c1cc(C)ccc1C. The van der Waals surface area contributed by atoms with Gasteiger partial charge in [-0.05, 0) is 50.7 Å². The van der Waals surface area contributed by atoms with E-state index in [1.165, 1.54) is 36.0 Å². The Morgan fingerprint density at radius 3 is 2.82 bits per heavy atom. The quantitative estimate of drug-likeness (QED) is 0.803. The maximum absolute atomic E-state index is 3.77. The van der Waals surface area contributed by atoms with Crippen LogP contribution in [0.25, 0.3) is 0 Å². The minimum absolute atomic E-state index is 0.488. The Hall–Kier alpha value is -0.820. The highest BCUT2D eigenvalue weighted by molar-refractivity contribution is 5.32. The summed E-state index contributed by atoms with van der Waals surface area (Å²) in [6, 6.07) is 8.01. The van der Waals surface area contributed by atoms with Gasteiger partial charge in [-0.15, -0.1) is 0 Å². The van der Waals surface area contributed by atoms with Crippen molar-refractivity contribution in [3.8, 4) is 0 Å². The van der Waals surface area contributed by atoms with E-state index in [4.69, 9.17) is 0 Å². The van der Waals surface area contributed by atoms with Crippen LogP contribution in [-0.2, 0) is 0 Å². The average Bonchev–Trinajstić information content (AvgIpc) is 3.00. The van der Waals surface area contributed by atoms with Crippen LogP contribution in [0.2, 0.25) is 0 Å². The first kappa shape index (κ1) is 12.6. The maximum Gasteiger partial charge on any atom is 0.0297 e. The lowest BCUT2D eigenvalue weighted by molar-refractivity contribution is 0.528. The van der Waals surface area contributed by atoms with Gasteiger partial charge in [-0.3, -0.25) is 0 Å². The third-order valence-corrected chi connectivity index (χ3v) is 3.95. The smallest absolute Gasteiger partial charge is 0.0297 e. The molecule has 0 heterocycles. The normalized spacial score (nSPS) is 24.7. The number of benzene rings is 1. The molecule has 17 heavy (non-hydrogen) atoms. The van der Waals surface area contributed by atoms with Gasteiger partial charge in [0.25, 0.3) is 0 Å². The minimum atomic E-state index is 0.488. The lowest BCUT2D eigenvalue weighted by Crippen LogP contribution is -2.23. The predicted octanol–water partition coefficient (Wildman–Crippen LogP) is 4.14. The van der Waals surface area contributed by atoms with Gasteiger partial charge in [-0.1, -0.05) is 37.1 Å². The molecule has 2 rings (SSSR count). The van der Waals surface area contributed by atoms with E-state index in [2.05, 4.69) is 51.2 Å². The van der Waals surface area contributed by atoms with Crippen molar-refractivity contribution in [3.05, 3.63) is 34.9 Å². The second-order valence-corrected chi connectivity index (χ2v) is 5.64. The maximum atomic E-state index is 3.77. The van der Waals surface area contributed by atoms with E-state index < -0.39 is 0 Å². The van der Waals surface area contributed by atoms with Crippen molar-refractivity contribution in [2.45, 2.75) is 59.0 Å². The van der Waals surface area contributed by atoms with Gasteiger partial charge in [-0.2, -0.15) is 0 Å². The zero-order valence-corrected chi connectivity index (χ0v) is 11.6. The van der Waals surface area contributed by atoms with Crippen molar-refractivity contribution in [2.75, 3.05) is 0 Å². The van der Waals surface area contributed by atoms with Crippen molar-refractivity contribution in [1.29, 1.82) is 0 Å². The molecule has 1 fully saturated rings. The molecule has 94 valence electrons. The molecule has 1 heteroatoms. The minimum Gasteiger partial charge on any atom is -0.307 e. The fourth-order valence-electron chi connectivity index (χ4n) is 2.78. The molecule has 3 unspecified atom stereocenters. The molecular formula is C16H25N. The molecule has 3 atom stereocenters. The molecule has 0 radical (unpaired) electrons. The van der Waals surface area contributed by atoms with Gasteiger partial charge in [0, 0.05) is 12.1 Å². The van der Waals surface area contributed by atoms with Crippen molar-refractivity contribution in [2.24, 2.45) is 5.92 Å². The van der Waals surface area contributed by atoms with E-state index in [0.717, 1.165) is 12.0 Å². The highest BCUT2D eigenvalue weighted by atomic mass is 15.0. The van der Waals surface area contributed by atoms with Crippen molar-refractivity contribution < 1.29 is 0 Å². The van der Waals surface area contributed by atoms with Crippen LogP contribution < -0.4 is 5.32 Å². The van der Waals surface area contributed by atoms with Gasteiger partial charge in [0.1, 0.15) is 0 Å². The van der Waals surface area contributed by atoms with E-state index >= 15 is 0 Å². The van der Waals surface area contributed by atoms with Crippen LogP contribution in [0, 0.1) is 19.8 Å². The van der Waals surface area contributed by atoms with Crippen molar-refractivity contribution in [1.82, 2.24) is 5.32 Å². The summed E-state index contributed by atoms with van der Waals surface area (Å²) in [7, 11) is 0. The summed E-state index contributed by atoms with van der Waals surface area (Å²) >= 11 is 0. The number of rotatable bonds is 5. The molecule has 0 spiro atoms. The third kappa shape index (κ3) is 3.10. The van der Waals surface area contributed by atoms with Crippen LogP contribution >= 0.6 is 0 Å². The molecule has 1 saturated carbocycles. The summed E-state index contributed by atoms with van der Waals surface area (Å²) in [5.41, 5.74) is 4.23. The highest BCUT2D eigenvalue weighted by Crippen LogP contribution is 2.36. The molecule has 0 aliphatic heterocycles. The molecule has 0 aromatic heterocycles. The standard InChI is InChI=1S/C16H25N/c1-5-6-14-10-16(14)17-13(4)15-9-11(2)7-8-12(15)3/h7-9,13-14,16-17H,5-6,10H2,1-4H3. The molecule has 1 aromatic rings. The lowest BCUT2D eigenvalue weighted by atomic mass is 10.00. The van der Waals surface area contributed by atoms with Gasteiger partial charge in [0.2, 0.25) is 0 Å². The highest BCUT2D eigenvalue weighted by Gasteiger charge is 2.36. The predicted molar refractivity (Wildman–Crippen MR) is 74.3 cm³/mol. The number of hydrogen-bond acceptors (Lipinski definition) is 1. The fraction of sp³-hybridized carbons (Fsp3) is 0.625. The number of hydrogen-bond donors (Lipinski definition) is 1. The fourth-order valence-corrected chi connectivity index (χ4v) is 2.78. The molecule has 1 aliphatic rings. The van der Waals surface area contributed by atoms with Crippen molar-refractivity contribution in [3.63, 3.8) is 0 Å². The molecular weight excluding hydrogens is 206 g/mol. The Labute approximate surface area is 106 Å². The molecule has 0 saturated heterocycles. The Bertz CT molecular complexity index is 383. The van der Waals surface area contributed by atoms with E-state index in [1.807, 2.05) is 0 Å². The van der Waals surface area contributed by atoms with Crippen LogP contribution in [0.15, 0.2) is 18.2 Å². The summed E-state index contributed by atoms with van der Waals surface area (Å²) in [5, 5.41) is 3.77. The summed E-state index contributed by atoms with van der Waals surface area (Å²) in [5.74, 6) is 0.938. The summed E-state index contributed by atoms with van der Waals surface area (Å²) in [4.78, 5) is 0. The first-order chi connectivity index (χ1) is 8.11. The van der Waals surface area contributed by atoms with Crippen LogP contribution in [0.1, 0.15) is 55.8 Å². The van der Waals surface area contributed by atoms with E-state index in [1.54, 1.807) is 0 Å². The van der Waals surface area contributed by atoms with Gasteiger partial charge in [0.15, 0.2) is 0 Å². The Balaban J connectivity index is 1.96. The Morgan fingerprint density at radius 2 is 2.12 bits per heavy atom.